The van der Waals surface area contributed by atoms with E-state index in [1.54, 1.807) is 29.4 Å². The molecule has 198 valence electrons. The maximum atomic E-state index is 14.1. The van der Waals surface area contributed by atoms with Crippen molar-refractivity contribution in [2.75, 3.05) is 12.0 Å². The van der Waals surface area contributed by atoms with Crippen LogP contribution in [0.25, 0.3) is 28.1 Å². The number of aromatic nitrogens is 3. The third-order valence-electron chi connectivity index (χ3n) is 8.20. The summed E-state index contributed by atoms with van der Waals surface area (Å²) in [5.41, 5.74) is 5.09. The second-order valence-electron chi connectivity index (χ2n) is 10.6. The van der Waals surface area contributed by atoms with Crippen molar-refractivity contribution >= 4 is 34.5 Å². The largest absolute Gasteiger partial charge is 0.466 e. The van der Waals surface area contributed by atoms with Gasteiger partial charge in [-0.05, 0) is 77.6 Å². The Hall–Kier alpha value is -4.26. The summed E-state index contributed by atoms with van der Waals surface area (Å²) in [5, 5.41) is 5.40. The van der Waals surface area contributed by atoms with E-state index in [9.17, 15) is 11.0 Å². The van der Waals surface area contributed by atoms with Crippen molar-refractivity contribution in [1.29, 1.82) is 0 Å². The number of esters is 1. The molecule has 2 aliphatic rings. The van der Waals surface area contributed by atoms with Crippen LogP contribution >= 0.6 is 0 Å². The maximum absolute atomic E-state index is 14.1. The Labute approximate surface area is 229 Å². The monoisotopic (exact) mass is 521 g/mol. The number of rotatable bonds is 7. The molecule has 2 saturated carbocycles. The molecule has 39 heavy (non-hydrogen) atoms. The number of hydrogen-bond acceptors (Lipinski definition) is 5. The Morgan fingerprint density at radius 3 is 2.64 bits per heavy atom. The highest BCUT2D eigenvalue weighted by atomic mass is 16.5. The maximum Gasteiger partial charge on any atom is 0.330 e. The van der Waals surface area contributed by atoms with Crippen LogP contribution < -0.4 is 4.90 Å². The fourth-order valence-corrected chi connectivity index (χ4v) is 6.15. The van der Waals surface area contributed by atoms with Gasteiger partial charge in [-0.1, -0.05) is 36.8 Å². The molecule has 0 radical (unpaired) electrons. The average molecular weight is 522 g/mol. The summed E-state index contributed by atoms with van der Waals surface area (Å²) in [6.45, 7) is -0.942. The number of aryl methyl sites for hydroxylation is 1. The SMILES string of the molecule is [2H]C(c1ccc(-c2ccc3c(cnn3C)c2)cc1)N(C(=O)[C@@H]1C[C@@H]2CC[C@H]1C2)c1cncc(/C=C/C(=O)OC)c1. The van der Waals surface area contributed by atoms with Crippen LogP contribution in [0.3, 0.4) is 0 Å². The third-order valence-corrected chi connectivity index (χ3v) is 8.20. The van der Waals surface area contributed by atoms with E-state index in [4.69, 9.17) is 4.74 Å². The van der Waals surface area contributed by atoms with Gasteiger partial charge in [0.1, 0.15) is 0 Å². The van der Waals surface area contributed by atoms with Crippen LogP contribution in [0.2, 0.25) is 0 Å². The van der Waals surface area contributed by atoms with Crippen LogP contribution in [0, 0.1) is 17.8 Å². The summed E-state index contributed by atoms with van der Waals surface area (Å²) in [5.74, 6) is 0.420. The fraction of sp³-hybridized carbons (Fsp3) is 0.312. The summed E-state index contributed by atoms with van der Waals surface area (Å²) in [7, 11) is 3.25. The van der Waals surface area contributed by atoms with Gasteiger partial charge in [0.15, 0.2) is 0 Å². The molecule has 4 aromatic rings. The number of ether oxygens (including phenoxy) is 1. The van der Waals surface area contributed by atoms with Gasteiger partial charge in [-0.15, -0.1) is 0 Å². The van der Waals surface area contributed by atoms with E-state index in [1.165, 1.54) is 19.6 Å². The van der Waals surface area contributed by atoms with Crippen molar-refractivity contribution in [2.45, 2.75) is 32.2 Å². The Morgan fingerprint density at radius 2 is 1.90 bits per heavy atom. The zero-order valence-corrected chi connectivity index (χ0v) is 22.2. The van der Waals surface area contributed by atoms with Crippen LogP contribution in [-0.4, -0.2) is 33.8 Å². The van der Waals surface area contributed by atoms with E-state index >= 15 is 0 Å². The van der Waals surface area contributed by atoms with Crippen molar-refractivity contribution < 1.29 is 15.7 Å². The number of anilines is 1. The predicted octanol–water partition coefficient (Wildman–Crippen LogP) is 5.79. The van der Waals surface area contributed by atoms with Crippen LogP contribution in [0.15, 0.2) is 73.2 Å². The van der Waals surface area contributed by atoms with Crippen molar-refractivity contribution in [3.05, 3.63) is 84.3 Å². The second-order valence-corrected chi connectivity index (χ2v) is 10.6. The first kappa shape index (κ1) is 23.8. The van der Waals surface area contributed by atoms with Crippen LogP contribution in [0.1, 0.15) is 38.2 Å². The number of carbonyl (C=O) groups is 2. The highest BCUT2D eigenvalue weighted by Crippen LogP contribution is 2.49. The van der Waals surface area contributed by atoms with Crippen molar-refractivity contribution in [1.82, 2.24) is 14.8 Å². The van der Waals surface area contributed by atoms with Crippen molar-refractivity contribution in [3.63, 3.8) is 0 Å². The molecule has 7 nitrogen and oxygen atoms in total. The first-order valence-electron chi connectivity index (χ1n) is 14.0. The molecule has 2 fully saturated rings. The lowest BCUT2D eigenvalue weighted by Crippen LogP contribution is -2.38. The molecule has 6 rings (SSSR count). The fourth-order valence-electron chi connectivity index (χ4n) is 6.15. The summed E-state index contributed by atoms with van der Waals surface area (Å²) in [4.78, 5) is 31.6. The number of pyridine rings is 1. The number of amides is 1. The molecule has 7 heteroatoms. The Kier molecular flexibility index (Phi) is 6.40. The molecule has 2 aromatic heterocycles. The first-order chi connectivity index (χ1) is 19.4. The lowest BCUT2D eigenvalue weighted by molar-refractivity contribution is -0.134. The van der Waals surface area contributed by atoms with Gasteiger partial charge in [-0.2, -0.15) is 5.10 Å². The molecule has 0 spiro atoms. The highest BCUT2D eigenvalue weighted by molar-refractivity contribution is 5.96. The third kappa shape index (κ3) is 5.09. The number of hydrogen-bond donors (Lipinski definition) is 0. The molecule has 1 unspecified atom stereocenters. The number of nitrogens with zero attached hydrogens (tertiary/aromatic N) is 4. The summed E-state index contributed by atoms with van der Waals surface area (Å²) < 4.78 is 15.8. The topological polar surface area (TPSA) is 77.3 Å². The van der Waals surface area contributed by atoms with Gasteiger partial charge in [0.2, 0.25) is 5.91 Å². The van der Waals surface area contributed by atoms with Crippen LogP contribution in [0.4, 0.5) is 5.69 Å². The van der Waals surface area contributed by atoms with Gasteiger partial charge in [0.05, 0.1) is 38.6 Å². The first-order valence-corrected chi connectivity index (χ1v) is 13.4. The van der Waals surface area contributed by atoms with E-state index in [1.807, 2.05) is 42.2 Å². The summed E-state index contributed by atoms with van der Waals surface area (Å²) in [6, 6.07) is 15.9. The smallest absolute Gasteiger partial charge is 0.330 e. The van der Waals surface area contributed by atoms with Crippen LogP contribution in [0.5, 0.6) is 0 Å². The molecule has 4 atom stereocenters. The standard InChI is InChI=1S/C32H32N4O3/c1-35-30-11-10-25(16-27(30)18-34-35)24-7-3-21(4-8-24)20-36(32(38)29-15-22-5-9-26(29)13-22)28-14-23(17-33-19-28)6-12-31(37)39-2/h3-4,6-8,10-12,14,16-19,22,26,29H,5,9,13,15,20H2,1-2H3/b12-6+/t22-,26+,29-/m1/s1/i20D/t20?,22-,26+,29-. The minimum Gasteiger partial charge on any atom is -0.466 e. The molecule has 2 heterocycles. The molecular weight excluding hydrogens is 488 g/mol. The predicted molar refractivity (Wildman–Crippen MR) is 152 cm³/mol. The van der Waals surface area contributed by atoms with Gasteiger partial charge < -0.3 is 9.64 Å². The lowest BCUT2D eigenvalue weighted by atomic mass is 9.87. The Bertz CT molecular complexity index is 1600. The average Bonchev–Trinajstić information content (AvgIpc) is 3.72. The summed E-state index contributed by atoms with van der Waals surface area (Å²) >= 11 is 0. The normalized spacial score (nSPS) is 21.3. The van der Waals surface area contributed by atoms with Crippen LogP contribution in [-0.2, 0) is 27.9 Å². The molecule has 0 N–H and O–H groups in total. The summed E-state index contributed by atoms with van der Waals surface area (Å²) in [6.07, 6.45) is 12.3. The Morgan fingerprint density at radius 1 is 1.08 bits per heavy atom. The van der Waals surface area contributed by atoms with E-state index in [2.05, 4.69) is 28.3 Å². The zero-order chi connectivity index (χ0) is 27.8. The van der Waals surface area contributed by atoms with E-state index in [0.717, 1.165) is 46.9 Å². The second kappa shape index (κ2) is 10.5. The van der Waals surface area contributed by atoms with E-state index in [0.29, 0.717) is 23.1 Å². The minimum atomic E-state index is -0.942. The highest BCUT2D eigenvalue weighted by Gasteiger charge is 2.44. The molecule has 0 saturated heterocycles. The number of benzene rings is 2. The molecule has 2 aliphatic carbocycles. The number of fused-ring (bicyclic) bond motifs is 3. The van der Waals surface area contributed by atoms with Crippen molar-refractivity contribution in [3.8, 4) is 11.1 Å². The molecule has 2 aromatic carbocycles. The van der Waals surface area contributed by atoms with Gasteiger partial charge in [0, 0.05) is 30.6 Å². The van der Waals surface area contributed by atoms with Gasteiger partial charge >= 0.3 is 5.97 Å². The number of carbonyl (C=O) groups excluding carboxylic acids is 2. The van der Waals surface area contributed by atoms with E-state index in [-0.39, 0.29) is 11.8 Å². The van der Waals surface area contributed by atoms with Gasteiger partial charge in [-0.3, -0.25) is 14.5 Å². The molecule has 0 aliphatic heterocycles. The minimum absolute atomic E-state index is 0.0193. The molecular formula is C32H32N4O3. The quantitative estimate of drug-likeness (QED) is 0.227. The zero-order valence-electron chi connectivity index (χ0n) is 23.2. The molecule has 1 amide bonds. The number of methoxy groups -OCH3 is 1. The lowest BCUT2D eigenvalue weighted by Gasteiger charge is -2.30. The van der Waals surface area contributed by atoms with E-state index < -0.39 is 12.5 Å². The molecule has 2 bridgehead atoms. The van der Waals surface area contributed by atoms with Crippen molar-refractivity contribution in [2.24, 2.45) is 24.8 Å². The van der Waals surface area contributed by atoms with Gasteiger partial charge in [-0.25, -0.2) is 4.79 Å². The van der Waals surface area contributed by atoms with Gasteiger partial charge in [0.25, 0.3) is 0 Å². The Balaban J connectivity index is 1.31.